The molecule has 6 heteroatoms. The van der Waals surface area contributed by atoms with Crippen molar-refractivity contribution in [3.63, 3.8) is 0 Å². The highest BCUT2D eigenvalue weighted by atomic mass is 35.5. The number of hydrogen-bond acceptors (Lipinski definition) is 4. The molecule has 1 aliphatic carbocycles. The highest BCUT2D eigenvalue weighted by Crippen LogP contribution is 2.34. The first-order chi connectivity index (χ1) is 13.7. The van der Waals surface area contributed by atoms with E-state index in [0.29, 0.717) is 16.5 Å². The molecule has 0 unspecified atom stereocenters. The first-order valence-electron chi connectivity index (χ1n) is 9.34. The molecular formula is C22H21ClN2O3. The lowest BCUT2D eigenvalue weighted by Gasteiger charge is -2.22. The van der Waals surface area contributed by atoms with E-state index in [4.69, 9.17) is 20.9 Å². The second-order valence-corrected chi connectivity index (χ2v) is 7.22. The predicted octanol–water partition coefficient (Wildman–Crippen LogP) is 4.73. The van der Waals surface area contributed by atoms with Crippen LogP contribution in [0.5, 0.6) is 5.75 Å². The van der Waals surface area contributed by atoms with Gasteiger partial charge < -0.3 is 14.6 Å². The molecule has 4 rings (SSSR count). The Labute approximate surface area is 168 Å². The zero-order valence-electron chi connectivity index (χ0n) is 15.6. The Morgan fingerprint density at radius 3 is 2.61 bits per heavy atom. The predicted molar refractivity (Wildman–Crippen MR) is 107 cm³/mol. The summed E-state index contributed by atoms with van der Waals surface area (Å²) in [4.78, 5) is 13.1. The van der Waals surface area contributed by atoms with E-state index in [-0.39, 0.29) is 5.91 Å². The van der Waals surface area contributed by atoms with Crippen LogP contribution in [0.25, 0.3) is 0 Å². The van der Waals surface area contributed by atoms with Gasteiger partial charge in [0, 0.05) is 22.6 Å². The van der Waals surface area contributed by atoms with E-state index in [1.54, 1.807) is 7.11 Å². The Morgan fingerprint density at radius 1 is 1.11 bits per heavy atom. The molecule has 1 N–H and O–H groups in total. The third-order valence-corrected chi connectivity index (χ3v) is 5.45. The van der Waals surface area contributed by atoms with Gasteiger partial charge in [0.05, 0.1) is 13.2 Å². The van der Waals surface area contributed by atoms with Gasteiger partial charge in [-0.2, -0.15) is 0 Å². The average molecular weight is 397 g/mol. The first kappa shape index (κ1) is 18.6. The number of amides is 1. The summed E-state index contributed by atoms with van der Waals surface area (Å²) in [5, 5.41) is 7.71. The monoisotopic (exact) mass is 396 g/mol. The van der Waals surface area contributed by atoms with Crippen molar-refractivity contribution in [2.24, 2.45) is 0 Å². The molecule has 0 radical (unpaired) electrons. The van der Waals surface area contributed by atoms with Gasteiger partial charge in [-0.1, -0.05) is 53.2 Å². The van der Waals surface area contributed by atoms with Gasteiger partial charge in [-0.05, 0) is 37.0 Å². The van der Waals surface area contributed by atoms with E-state index in [2.05, 4.69) is 10.5 Å². The fourth-order valence-corrected chi connectivity index (χ4v) is 3.94. The molecule has 0 saturated carbocycles. The van der Waals surface area contributed by atoms with E-state index in [0.717, 1.165) is 48.1 Å². The minimum Gasteiger partial charge on any atom is -0.496 e. The minimum absolute atomic E-state index is 0.275. The third-order valence-electron chi connectivity index (χ3n) is 5.11. The molecule has 1 aliphatic rings. The molecule has 0 saturated heterocycles. The Kier molecular flexibility index (Phi) is 5.35. The molecular weight excluding hydrogens is 376 g/mol. The smallest absolute Gasteiger partial charge is 0.274 e. The molecule has 144 valence electrons. The van der Waals surface area contributed by atoms with Gasteiger partial charge >= 0.3 is 0 Å². The number of carbonyl (C=O) groups excluding carboxylic acids is 1. The van der Waals surface area contributed by atoms with E-state index >= 15 is 0 Å². The van der Waals surface area contributed by atoms with Gasteiger partial charge in [0.2, 0.25) is 0 Å². The quantitative estimate of drug-likeness (QED) is 0.676. The number of methoxy groups -OCH3 is 1. The number of aromatic nitrogens is 1. The number of nitrogens with one attached hydrogen (secondary N) is 1. The summed E-state index contributed by atoms with van der Waals surface area (Å²) in [5.74, 6) is 1.22. The van der Waals surface area contributed by atoms with Gasteiger partial charge in [-0.15, -0.1) is 0 Å². The number of nitrogens with zero attached hydrogens (tertiary/aromatic N) is 1. The summed E-state index contributed by atoms with van der Waals surface area (Å²) in [6, 6.07) is 14.6. The number of carbonyl (C=O) groups is 1. The number of fused-ring (bicyclic) bond motifs is 1. The fraction of sp³-hybridized carbons (Fsp3) is 0.273. The number of benzene rings is 2. The van der Waals surface area contributed by atoms with Crippen molar-refractivity contribution in [1.82, 2.24) is 10.5 Å². The van der Waals surface area contributed by atoms with Crippen LogP contribution in [0.4, 0.5) is 0 Å². The third kappa shape index (κ3) is 3.50. The van der Waals surface area contributed by atoms with Crippen LogP contribution in [-0.4, -0.2) is 18.2 Å². The van der Waals surface area contributed by atoms with E-state index in [1.807, 2.05) is 48.5 Å². The maximum atomic E-state index is 13.1. The van der Waals surface area contributed by atoms with Gasteiger partial charge in [-0.25, -0.2) is 0 Å². The first-order valence-corrected chi connectivity index (χ1v) is 9.72. The van der Waals surface area contributed by atoms with Gasteiger partial charge in [-0.3, -0.25) is 4.79 Å². The topological polar surface area (TPSA) is 64.4 Å². The van der Waals surface area contributed by atoms with Crippen molar-refractivity contribution in [3.8, 4) is 5.75 Å². The number of hydrogen-bond donors (Lipinski definition) is 1. The molecule has 2 aromatic carbocycles. The molecule has 0 aliphatic heterocycles. The molecule has 5 nitrogen and oxygen atoms in total. The maximum absolute atomic E-state index is 13.1. The maximum Gasteiger partial charge on any atom is 0.274 e. The summed E-state index contributed by atoms with van der Waals surface area (Å²) in [6.45, 7) is 0. The van der Waals surface area contributed by atoms with Crippen molar-refractivity contribution in [3.05, 3.63) is 81.7 Å². The van der Waals surface area contributed by atoms with Crippen LogP contribution >= 0.6 is 11.6 Å². The number of rotatable bonds is 5. The summed E-state index contributed by atoms with van der Waals surface area (Å²) < 4.78 is 10.9. The van der Waals surface area contributed by atoms with Crippen LogP contribution in [0, 0.1) is 0 Å². The molecule has 3 aromatic rings. The van der Waals surface area contributed by atoms with E-state index in [1.165, 1.54) is 0 Å². The van der Waals surface area contributed by atoms with Gasteiger partial charge in [0.15, 0.2) is 5.69 Å². The van der Waals surface area contributed by atoms with Crippen molar-refractivity contribution < 1.29 is 14.1 Å². The lowest BCUT2D eigenvalue weighted by Crippen LogP contribution is -2.31. The fourth-order valence-electron chi connectivity index (χ4n) is 3.70. The lowest BCUT2D eigenvalue weighted by molar-refractivity contribution is 0.0932. The van der Waals surface area contributed by atoms with Crippen LogP contribution in [0.15, 0.2) is 53.1 Å². The summed E-state index contributed by atoms with van der Waals surface area (Å²) >= 11 is 6.46. The summed E-state index contributed by atoms with van der Waals surface area (Å²) in [6.07, 6.45) is 3.74. The minimum atomic E-state index is -0.478. The summed E-state index contributed by atoms with van der Waals surface area (Å²) in [5.41, 5.74) is 2.89. The van der Waals surface area contributed by atoms with Crippen molar-refractivity contribution in [2.75, 3.05) is 7.11 Å². The molecule has 1 heterocycles. The van der Waals surface area contributed by atoms with Crippen molar-refractivity contribution >= 4 is 17.5 Å². The van der Waals surface area contributed by atoms with Gasteiger partial charge in [0.25, 0.3) is 5.91 Å². The Hall–Kier alpha value is -2.79. The normalized spacial score (nSPS) is 14.2. The highest BCUT2D eigenvalue weighted by molar-refractivity contribution is 6.31. The molecule has 1 atom stereocenters. The zero-order chi connectivity index (χ0) is 19.5. The molecule has 0 bridgehead atoms. The van der Waals surface area contributed by atoms with E-state index < -0.39 is 6.04 Å². The van der Waals surface area contributed by atoms with Gasteiger partial charge in [0.1, 0.15) is 11.5 Å². The molecule has 28 heavy (non-hydrogen) atoms. The highest BCUT2D eigenvalue weighted by Gasteiger charge is 2.28. The van der Waals surface area contributed by atoms with Crippen LogP contribution < -0.4 is 10.1 Å². The van der Waals surface area contributed by atoms with Crippen LogP contribution in [0.2, 0.25) is 5.02 Å². The lowest BCUT2D eigenvalue weighted by atomic mass is 9.95. The standard InChI is InChI=1S/C22H21ClN2O3/c1-27-18-12-6-3-9-15(18)20(14-8-2-5-11-17(14)23)24-22(26)21-16-10-4-7-13-19(16)28-25-21/h2-3,5-6,8-9,11-12,20H,4,7,10,13H2,1H3,(H,24,26)/t20-/m0/s1. The molecule has 1 aromatic heterocycles. The van der Waals surface area contributed by atoms with Crippen LogP contribution in [0.1, 0.15) is 51.8 Å². The largest absolute Gasteiger partial charge is 0.496 e. The average Bonchev–Trinajstić information content (AvgIpc) is 3.17. The zero-order valence-corrected chi connectivity index (χ0v) is 16.3. The molecule has 0 fully saturated rings. The van der Waals surface area contributed by atoms with E-state index in [9.17, 15) is 4.79 Å². The number of halogens is 1. The number of para-hydroxylation sites is 1. The second-order valence-electron chi connectivity index (χ2n) is 6.81. The van der Waals surface area contributed by atoms with Crippen molar-refractivity contribution in [2.45, 2.75) is 31.7 Å². The van der Waals surface area contributed by atoms with Crippen LogP contribution in [0.3, 0.4) is 0 Å². The molecule has 0 spiro atoms. The Balaban J connectivity index is 1.73. The SMILES string of the molecule is COc1ccccc1[C@@H](NC(=O)c1noc2c1CCCC2)c1ccccc1Cl. The molecule has 1 amide bonds. The van der Waals surface area contributed by atoms with Crippen LogP contribution in [-0.2, 0) is 12.8 Å². The number of ether oxygens (including phenoxy) is 1. The number of aryl methyl sites for hydroxylation is 1. The van der Waals surface area contributed by atoms with Crippen molar-refractivity contribution in [1.29, 1.82) is 0 Å². The summed E-state index contributed by atoms with van der Waals surface area (Å²) in [7, 11) is 1.61. The second kappa shape index (κ2) is 8.07. The Morgan fingerprint density at radius 2 is 1.82 bits per heavy atom. The Bertz CT molecular complexity index is 999.